The van der Waals surface area contributed by atoms with Crippen molar-refractivity contribution in [2.75, 3.05) is 102 Å². The van der Waals surface area contributed by atoms with Gasteiger partial charge in [-0.25, -0.2) is 23.2 Å². The molecule has 21 heteroatoms. The van der Waals surface area contributed by atoms with Crippen LogP contribution in [0.15, 0.2) is 200 Å². The van der Waals surface area contributed by atoms with Crippen molar-refractivity contribution in [2.24, 2.45) is 11.8 Å². The third kappa shape index (κ3) is 21.4. The molecule has 14 rings (SSSR count). The zero-order valence-corrected chi connectivity index (χ0v) is 64.2. The zero-order valence-electron chi connectivity index (χ0n) is 61.2. The Morgan fingerprint density at radius 1 is 0.450 bits per heavy atom. The van der Waals surface area contributed by atoms with E-state index in [9.17, 15) is 39.0 Å². The summed E-state index contributed by atoms with van der Waals surface area (Å²) in [6.07, 6.45) is 11.1. The van der Waals surface area contributed by atoms with E-state index in [2.05, 4.69) is 127 Å². The number of likely N-dealkylation sites (N-methyl/N-ethyl adjacent to an activating group) is 1. The molecule has 9 aromatic carbocycles. The lowest BCUT2D eigenvalue weighted by Gasteiger charge is -2.44. The SMILES string of the molecule is CN(CC1(c2ccc(-c3cccc(C#N)c3)cc2)CCN(CC2CC2)CC1)C(=O)Nc1cc(Cl)cc(Cl)c1.CN1CCC(CNC(=O)Nc2ccc(F)cc2F)(c2ccc(-c3cccc(C#N)c3)cc2)CC1.N#Cc1cccc(-c2ccc(C3(CNC(=O)Nc4cc(Cl)cc(Cl)c4)CCN(CC4CC4)CC3)cc2)c1. The van der Waals surface area contributed by atoms with E-state index >= 15 is 0 Å². The summed E-state index contributed by atoms with van der Waals surface area (Å²) in [4.78, 5) is 47.7. The maximum absolute atomic E-state index is 13.9. The molecule has 5 N–H and O–H groups in total. The van der Waals surface area contributed by atoms with Gasteiger partial charge in [-0.1, -0.05) is 156 Å². The molecule has 0 atom stereocenters. The Hall–Kier alpha value is -9.84. The molecular formula is C88H88Cl4F2N12O3. The van der Waals surface area contributed by atoms with Gasteiger partial charge in [0.1, 0.15) is 11.6 Å². The number of piperidine rings is 3. The summed E-state index contributed by atoms with van der Waals surface area (Å²) in [6.45, 7) is 9.79. The summed E-state index contributed by atoms with van der Waals surface area (Å²) in [7, 11) is 3.92. The number of nitrogens with one attached hydrogen (secondary N) is 5. The van der Waals surface area contributed by atoms with Crippen LogP contribution in [-0.4, -0.2) is 124 Å². The van der Waals surface area contributed by atoms with Crippen LogP contribution in [-0.2, 0) is 16.2 Å². The number of nitrogens with zero attached hydrogens (tertiary/aromatic N) is 7. The number of carbonyl (C=O) groups is 3. The number of urea groups is 3. The Morgan fingerprint density at radius 2 is 0.817 bits per heavy atom. The third-order valence-electron chi connectivity index (χ3n) is 21.9. The van der Waals surface area contributed by atoms with E-state index in [1.807, 2.05) is 85.9 Å². The number of carbonyl (C=O) groups excluding carboxylic acids is 3. The summed E-state index contributed by atoms with van der Waals surface area (Å²) in [5, 5.41) is 43.9. The van der Waals surface area contributed by atoms with Crippen LogP contribution in [0, 0.1) is 57.5 Å². The smallest absolute Gasteiger partial charge is 0.321 e. The molecule has 560 valence electrons. The van der Waals surface area contributed by atoms with E-state index in [0.717, 1.165) is 141 Å². The van der Waals surface area contributed by atoms with Crippen LogP contribution in [0.2, 0.25) is 20.1 Å². The molecule has 9 aromatic rings. The van der Waals surface area contributed by atoms with Crippen molar-refractivity contribution in [3.8, 4) is 51.6 Å². The lowest BCUT2D eigenvalue weighted by atomic mass is 9.72. The molecule has 0 radical (unpaired) electrons. The van der Waals surface area contributed by atoms with Gasteiger partial charge in [0.15, 0.2) is 0 Å². The van der Waals surface area contributed by atoms with E-state index in [-0.39, 0.29) is 34.0 Å². The van der Waals surface area contributed by atoms with Crippen LogP contribution in [0.25, 0.3) is 33.4 Å². The van der Waals surface area contributed by atoms with E-state index in [1.54, 1.807) is 47.4 Å². The van der Waals surface area contributed by atoms with Crippen molar-refractivity contribution in [3.63, 3.8) is 0 Å². The fraction of sp³-hybridized carbons (Fsp3) is 0.318. The molecule has 0 bridgehead atoms. The summed E-state index contributed by atoms with van der Waals surface area (Å²) in [5.41, 5.74) is 12.2. The molecule has 2 aliphatic carbocycles. The highest BCUT2D eigenvalue weighted by molar-refractivity contribution is 6.35. The topological polar surface area (TPSA) is 196 Å². The van der Waals surface area contributed by atoms with E-state index in [1.165, 1.54) is 56.0 Å². The van der Waals surface area contributed by atoms with Crippen LogP contribution in [0.1, 0.15) is 97.6 Å². The summed E-state index contributed by atoms with van der Waals surface area (Å²) in [5.74, 6) is 0.213. The largest absolute Gasteiger partial charge is 0.337 e. The standard InChI is InChI=1S/C31H32Cl2N4O.C30H30Cl2N4O.C27H26F2N4O/c1-36(30(38)35-29-17-27(32)16-28(33)18-29)21-31(11-13-37(14-12-31)20-22-5-6-22)26-9-7-24(8-10-26)25-4-2-3-23(15-25)19-34;31-26-15-27(32)17-28(16-26)35-29(37)34-20-30(10-12-36(13-11-30)19-21-4-5-21)25-8-6-23(7-9-25)24-3-1-2-22(14-24)18-33;1-33-13-11-27(12-14-33,18-31-26(34)32-25-10-9-23(28)16-24(25)29)22-7-5-20(6-8-22)21-4-2-3-19(15-21)17-30/h2-4,7-10,15-18,22H,5-6,11-14,20-21H2,1H3,(H,35,38);1-3,6-9,14-17,21H,4-5,10-13,19-20H2,(H2,34,35,37);2-10,15-16H,11-14,18H2,1H3,(H2,31,32,34). The van der Waals surface area contributed by atoms with E-state index in [4.69, 9.17) is 46.4 Å². The van der Waals surface area contributed by atoms with Gasteiger partial charge in [-0.15, -0.1) is 0 Å². The van der Waals surface area contributed by atoms with Gasteiger partial charge in [-0.2, -0.15) is 15.8 Å². The second kappa shape index (κ2) is 36.1. The van der Waals surface area contributed by atoms with Crippen molar-refractivity contribution in [3.05, 3.63) is 265 Å². The lowest BCUT2D eigenvalue weighted by molar-refractivity contribution is 0.129. The fourth-order valence-electron chi connectivity index (χ4n) is 15.2. The number of hydrogen-bond acceptors (Lipinski definition) is 9. The third-order valence-corrected chi connectivity index (χ3v) is 22.8. The first-order chi connectivity index (χ1) is 52.6. The Bertz CT molecular complexity index is 4780. The average Bonchev–Trinajstić information content (AvgIpc) is 1.66. The van der Waals surface area contributed by atoms with Crippen molar-refractivity contribution in [1.29, 1.82) is 15.8 Å². The highest BCUT2D eigenvalue weighted by Gasteiger charge is 2.41. The Labute approximate surface area is 657 Å². The van der Waals surface area contributed by atoms with Gasteiger partial charge in [-0.3, -0.25) is 0 Å². The molecule has 5 fully saturated rings. The molecular weight excluding hydrogens is 1450 g/mol. The van der Waals surface area contributed by atoms with Gasteiger partial charge in [0, 0.05) is 93.5 Å². The number of amides is 6. The fourth-order valence-corrected chi connectivity index (χ4v) is 16.2. The van der Waals surface area contributed by atoms with E-state index < -0.39 is 17.7 Å². The zero-order chi connectivity index (χ0) is 76.7. The van der Waals surface area contributed by atoms with Gasteiger partial charge in [-0.05, 0) is 257 Å². The minimum atomic E-state index is -0.819. The first-order valence-corrected chi connectivity index (χ1v) is 38.6. The molecule has 5 aliphatic rings. The van der Waals surface area contributed by atoms with Crippen LogP contribution in [0.5, 0.6) is 0 Å². The number of nitriles is 3. The molecule has 0 unspecified atom stereocenters. The number of anilines is 3. The Balaban J connectivity index is 0.000000153. The molecule has 6 amide bonds. The Kier molecular flexibility index (Phi) is 26.1. The molecule has 15 nitrogen and oxygen atoms in total. The van der Waals surface area contributed by atoms with Gasteiger partial charge in [0.05, 0.1) is 40.6 Å². The summed E-state index contributed by atoms with van der Waals surface area (Å²) < 4.78 is 27.0. The number of rotatable bonds is 19. The van der Waals surface area contributed by atoms with Gasteiger partial charge in [0.2, 0.25) is 0 Å². The summed E-state index contributed by atoms with van der Waals surface area (Å²) in [6, 6.07) is 67.1. The van der Waals surface area contributed by atoms with Crippen LogP contribution < -0.4 is 26.6 Å². The highest BCUT2D eigenvalue weighted by Crippen LogP contribution is 2.42. The first-order valence-electron chi connectivity index (χ1n) is 37.1. The van der Waals surface area contributed by atoms with Crippen molar-refractivity contribution >= 4 is 81.6 Å². The second-order valence-electron chi connectivity index (χ2n) is 29.8. The minimum absolute atomic E-state index is 0.0692. The predicted octanol–water partition coefficient (Wildman–Crippen LogP) is 19.8. The molecule has 0 spiro atoms. The van der Waals surface area contributed by atoms with Crippen LogP contribution in [0.4, 0.5) is 40.2 Å². The van der Waals surface area contributed by atoms with Crippen molar-refractivity contribution < 1.29 is 23.2 Å². The summed E-state index contributed by atoms with van der Waals surface area (Å²) >= 11 is 24.4. The maximum atomic E-state index is 13.9. The molecule has 0 aromatic heterocycles. The van der Waals surface area contributed by atoms with Gasteiger partial charge < -0.3 is 46.2 Å². The maximum Gasteiger partial charge on any atom is 0.321 e. The number of likely N-dealkylation sites (tertiary alicyclic amines) is 3. The second-order valence-corrected chi connectivity index (χ2v) is 31.5. The average molecular weight is 1540 g/mol. The lowest BCUT2D eigenvalue weighted by Crippen LogP contribution is -2.50. The van der Waals surface area contributed by atoms with Gasteiger partial charge in [0.25, 0.3) is 0 Å². The first kappa shape index (κ1) is 78.7. The number of benzene rings is 9. The predicted molar refractivity (Wildman–Crippen MR) is 433 cm³/mol. The van der Waals surface area contributed by atoms with Crippen molar-refractivity contribution in [2.45, 2.75) is 80.5 Å². The van der Waals surface area contributed by atoms with Gasteiger partial charge >= 0.3 is 18.1 Å². The molecule has 3 heterocycles. The Morgan fingerprint density at radius 3 is 1.20 bits per heavy atom. The molecule has 3 saturated heterocycles. The normalized spacial score (nSPS) is 16.5. The molecule has 2 saturated carbocycles. The molecule has 109 heavy (non-hydrogen) atoms. The minimum Gasteiger partial charge on any atom is -0.337 e. The van der Waals surface area contributed by atoms with E-state index in [0.29, 0.717) is 67.8 Å². The van der Waals surface area contributed by atoms with Crippen LogP contribution in [0.3, 0.4) is 0 Å². The van der Waals surface area contributed by atoms with Crippen molar-refractivity contribution in [1.82, 2.24) is 30.2 Å². The number of halogens is 6. The quantitative estimate of drug-likeness (QED) is 0.0523. The molecule has 3 aliphatic heterocycles. The highest BCUT2D eigenvalue weighted by atomic mass is 35.5. The van der Waals surface area contributed by atoms with Crippen LogP contribution >= 0.6 is 46.4 Å². The monoisotopic (exact) mass is 1540 g/mol. The number of hydrogen-bond donors (Lipinski definition) is 5.